The Labute approximate surface area is 169 Å². The van der Waals surface area contributed by atoms with Crippen LogP contribution in [0.1, 0.15) is 43.1 Å². The van der Waals surface area contributed by atoms with Crippen molar-refractivity contribution in [1.82, 2.24) is 5.32 Å². The molecule has 1 aromatic heterocycles. The first kappa shape index (κ1) is 21.9. The van der Waals surface area contributed by atoms with Crippen molar-refractivity contribution < 1.29 is 22.7 Å². The van der Waals surface area contributed by atoms with Crippen LogP contribution in [-0.2, 0) is 26.1 Å². The third-order valence-electron chi connectivity index (χ3n) is 3.61. The summed E-state index contributed by atoms with van der Waals surface area (Å²) in [5.41, 5.74) is 0.832. The fourth-order valence-corrected chi connectivity index (χ4v) is 4.49. The fourth-order valence-electron chi connectivity index (χ4n) is 2.46. The number of nitrogens with one attached hydrogen (secondary N) is 2. The van der Waals surface area contributed by atoms with Crippen molar-refractivity contribution in [1.29, 1.82) is 0 Å². The van der Waals surface area contributed by atoms with Crippen molar-refractivity contribution in [3.05, 3.63) is 46.8 Å². The molecule has 9 heteroatoms. The highest BCUT2D eigenvalue weighted by Gasteiger charge is 2.18. The summed E-state index contributed by atoms with van der Waals surface area (Å²) in [7, 11) is -2.52. The van der Waals surface area contributed by atoms with E-state index >= 15 is 0 Å². The molecule has 2 N–H and O–H groups in total. The van der Waals surface area contributed by atoms with E-state index in [0.29, 0.717) is 12.0 Å². The molecule has 0 radical (unpaired) electrons. The van der Waals surface area contributed by atoms with Crippen LogP contribution in [0.3, 0.4) is 0 Å². The standard InChI is InChI=1S/C19H24N2O5S2/c1-19(2,3)11-16(22)20-12-13-8-14(18(23)26-4)10-15(9-13)21-28(24,25)17-6-5-7-27-17/h5-10,21H,11-12H2,1-4H3,(H,20,22). The minimum Gasteiger partial charge on any atom is -0.465 e. The van der Waals surface area contributed by atoms with Crippen molar-refractivity contribution in [2.45, 2.75) is 37.9 Å². The second-order valence-electron chi connectivity index (χ2n) is 7.46. The average Bonchev–Trinajstić information content (AvgIpc) is 3.13. The smallest absolute Gasteiger partial charge is 0.337 e. The van der Waals surface area contributed by atoms with E-state index in [9.17, 15) is 18.0 Å². The lowest BCUT2D eigenvalue weighted by Crippen LogP contribution is -2.27. The van der Waals surface area contributed by atoms with Crippen LogP contribution in [0.5, 0.6) is 0 Å². The van der Waals surface area contributed by atoms with Gasteiger partial charge in [-0.15, -0.1) is 11.3 Å². The van der Waals surface area contributed by atoms with Gasteiger partial charge in [0, 0.05) is 13.0 Å². The Kier molecular flexibility index (Phi) is 6.84. The topological polar surface area (TPSA) is 102 Å². The van der Waals surface area contributed by atoms with Crippen LogP contribution < -0.4 is 10.0 Å². The number of amides is 1. The number of thiophene rings is 1. The molecule has 0 saturated carbocycles. The van der Waals surface area contributed by atoms with Crippen LogP contribution in [0.25, 0.3) is 0 Å². The summed E-state index contributed by atoms with van der Waals surface area (Å²) in [6.07, 6.45) is 0.349. The van der Waals surface area contributed by atoms with E-state index in [2.05, 4.69) is 10.0 Å². The third-order valence-corrected chi connectivity index (χ3v) is 6.39. The first-order chi connectivity index (χ1) is 13.0. The maximum absolute atomic E-state index is 12.5. The number of hydrogen-bond acceptors (Lipinski definition) is 6. The Morgan fingerprint density at radius 3 is 2.46 bits per heavy atom. The molecule has 7 nitrogen and oxygen atoms in total. The number of esters is 1. The third kappa shape index (κ3) is 6.35. The van der Waals surface area contributed by atoms with E-state index in [1.807, 2.05) is 20.8 Å². The zero-order valence-corrected chi connectivity index (χ0v) is 17.9. The van der Waals surface area contributed by atoms with Crippen LogP contribution in [0.2, 0.25) is 0 Å². The molecule has 152 valence electrons. The van der Waals surface area contributed by atoms with Gasteiger partial charge in [-0.2, -0.15) is 0 Å². The summed E-state index contributed by atoms with van der Waals surface area (Å²) >= 11 is 1.09. The molecule has 0 spiro atoms. The number of benzene rings is 1. The van der Waals surface area contributed by atoms with Gasteiger partial charge in [-0.25, -0.2) is 13.2 Å². The summed E-state index contributed by atoms with van der Waals surface area (Å²) in [4.78, 5) is 24.0. The van der Waals surface area contributed by atoms with Gasteiger partial charge in [0.05, 0.1) is 18.4 Å². The van der Waals surface area contributed by atoms with Gasteiger partial charge in [-0.3, -0.25) is 9.52 Å². The van der Waals surface area contributed by atoms with Crippen LogP contribution >= 0.6 is 11.3 Å². The van der Waals surface area contributed by atoms with Gasteiger partial charge >= 0.3 is 5.97 Å². The van der Waals surface area contributed by atoms with Gasteiger partial charge in [0.25, 0.3) is 10.0 Å². The van der Waals surface area contributed by atoms with Crippen LogP contribution in [-0.4, -0.2) is 27.4 Å². The summed E-state index contributed by atoms with van der Waals surface area (Å²) in [5, 5.41) is 4.45. The van der Waals surface area contributed by atoms with Crippen LogP contribution in [0.15, 0.2) is 39.9 Å². The molecular weight excluding hydrogens is 400 g/mol. The van der Waals surface area contributed by atoms with E-state index in [0.717, 1.165) is 11.3 Å². The molecule has 1 aromatic carbocycles. The Balaban J connectivity index is 2.25. The summed E-state index contributed by atoms with van der Waals surface area (Å²) in [6.45, 7) is 6.04. The maximum Gasteiger partial charge on any atom is 0.337 e. The van der Waals surface area contributed by atoms with Gasteiger partial charge in [0.15, 0.2) is 0 Å². The van der Waals surface area contributed by atoms with E-state index in [1.54, 1.807) is 23.6 Å². The Morgan fingerprint density at radius 2 is 1.89 bits per heavy atom. The summed E-state index contributed by atoms with van der Waals surface area (Å²) < 4.78 is 32.3. The highest BCUT2D eigenvalue weighted by Crippen LogP contribution is 2.23. The lowest BCUT2D eigenvalue weighted by atomic mass is 9.92. The predicted octanol–water partition coefficient (Wildman–Crippen LogP) is 3.39. The van der Waals surface area contributed by atoms with E-state index in [-0.39, 0.29) is 33.3 Å². The normalized spacial score (nSPS) is 11.7. The van der Waals surface area contributed by atoms with Crippen molar-refractivity contribution in [3.8, 4) is 0 Å². The van der Waals surface area contributed by atoms with E-state index in [4.69, 9.17) is 4.74 Å². The van der Waals surface area contributed by atoms with Gasteiger partial charge in [0.1, 0.15) is 4.21 Å². The SMILES string of the molecule is COC(=O)c1cc(CNC(=O)CC(C)(C)C)cc(NS(=O)(=O)c2cccs2)c1. The number of hydrogen-bond donors (Lipinski definition) is 2. The molecule has 28 heavy (non-hydrogen) atoms. The van der Waals surface area contributed by atoms with Gasteiger partial charge in [-0.1, -0.05) is 26.8 Å². The molecule has 0 fully saturated rings. The molecule has 2 aromatic rings. The maximum atomic E-state index is 12.5. The molecular formula is C19H24N2O5S2. The van der Waals surface area contributed by atoms with E-state index in [1.165, 1.54) is 19.2 Å². The second kappa shape index (κ2) is 8.74. The lowest BCUT2D eigenvalue weighted by Gasteiger charge is -2.17. The van der Waals surface area contributed by atoms with Crippen molar-refractivity contribution in [2.75, 3.05) is 11.8 Å². The monoisotopic (exact) mass is 424 g/mol. The molecule has 1 heterocycles. The highest BCUT2D eigenvalue weighted by atomic mass is 32.2. The number of rotatable bonds is 7. The fraction of sp³-hybridized carbons (Fsp3) is 0.368. The van der Waals surface area contributed by atoms with Crippen molar-refractivity contribution >= 4 is 38.9 Å². The van der Waals surface area contributed by atoms with Crippen molar-refractivity contribution in [3.63, 3.8) is 0 Å². The Hall–Kier alpha value is -2.39. The molecule has 0 atom stereocenters. The van der Waals surface area contributed by atoms with Gasteiger partial charge < -0.3 is 10.1 Å². The summed E-state index contributed by atoms with van der Waals surface area (Å²) in [6, 6.07) is 7.67. The number of carbonyl (C=O) groups is 2. The molecule has 0 aliphatic heterocycles. The lowest BCUT2D eigenvalue weighted by molar-refractivity contribution is -0.122. The quantitative estimate of drug-likeness (QED) is 0.664. The predicted molar refractivity (Wildman–Crippen MR) is 109 cm³/mol. The molecule has 1 amide bonds. The number of methoxy groups -OCH3 is 1. The van der Waals surface area contributed by atoms with Gasteiger partial charge in [0.2, 0.25) is 5.91 Å². The zero-order chi connectivity index (χ0) is 20.9. The average molecular weight is 425 g/mol. The van der Waals surface area contributed by atoms with Crippen LogP contribution in [0, 0.1) is 5.41 Å². The molecule has 0 unspecified atom stereocenters. The first-order valence-electron chi connectivity index (χ1n) is 8.55. The minimum absolute atomic E-state index is 0.128. The number of carbonyl (C=O) groups excluding carboxylic acids is 2. The highest BCUT2D eigenvalue weighted by molar-refractivity contribution is 7.94. The molecule has 0 aliphatic rings. The first-order valence-corrected chi connectivity index (χ1v) is 10.9. The van der Waals surface area contributed by atoms with Gasteiger partial charge in [-0.05, 0) is 40.6 Å². The largest absolute Gasteiger partial charge is 0.465 e. The molecule has 2 rings (SSSR count). The number of sulfonamides is 1. The number of ether oxygens (including phenoxy) is 1. The Morgan fingerprint density at radius 1 is 1.18 bits per heavy atom. The van der Waals surface area contributed by atoms with Crippen molar-refractivity contribution in [2.24, 2.45) is 5.41 Å². The zero-order valence-electron chi connectivity index (χ0n) is 16.2. The van der Waals surface area contributed by atoms with E-state index < -0.39 is 16.0 Å². The van der Waals surface area contributed by atoms with Crippen LogP contribution in [0.4, 0.5) is 5.69 Å². The Bertz CT molecular complexity index is 945. The summed E-state index contributed by atoms with van der Waals surface area (Å²) in [5.74, 6) is -0.726. The molecule has 0 saturated heterocycles. The minimum atomic E-state index is -3.76. The molecule has 0 aliphatic carbocycles. The molecule has 0 bridgehead atoms. The number of anilines is 1. The second-order valence-corrected chi connectivity index (χ2v) is 10.3.